The van der Waals surface area contributed by atoms with E-state index in [-0.39, 0.29) is 23.7 Å². The summed E-state index contributed by atoms with van der Waals surface area (Å²) in [5.41, 5.74) is 4.45. The molecular formula is C20H19FN2O2. The van der Waals surface area contributed by atoms with Gasteiger partial charge in [0.1, 0.15) is 5.82 Å². The molecule has 2 amide bonds. The van der Waals surface area contributed by atoms with Gasteiger partial charge in [0.15, 0.2) is 0 Å². The highest BCUT2D eigenvalue weighted by Crippen LogP contribution is 2.33. The Hall–Kier alpha value is -2.69. The predicted molar refractivity (Wildman–Crippen MR) is 93.1 cm³/mol. The molecule has 1 atom stereocenters. The van der Waals surface area contributed by atoms with Crippen LogP contribution in [0.3, 0.4) is 0 Å². The zero-order valence-corrected chi connectivity index (χ0v) is 14.0. The molecule has 1 N–H and O–H groups in total. The van der Waals surface area contributed by atoms with Crippen LogP contribution in [0, 0.1) is 5.82 Å². The summed E-state index contributed by atoms with van der Waals surface area (Å²) in [5, 5.41) is 3.02. The van der Waals surface area contributed by atoms with E-state index in [1.807, 2.05) is 12.1 Å². The number of hydrogen-bond acceptors (Lipinski definition) is 2. The first-order chi connectivity index (χ1) is 12.0. The lowest BCUT2D eigenvalue weighted by Gasteiger charge is -2.16. The molecule has 4 nitrogen and oxygen atoms in total. The van der Waals surface area contributed by atoms with Crippen molar-refractivity contribution >= 4 is 17.5 Å². The summed E-state index contributed by atoms with van der Waals surface area (Å²) in [6.45, 7) is 2.21. The van der Waals surface area contributed by atoms with Crippen molar-refractivity contribution in [2.75, 3.05) is 11.4 Å². The van der Waals surface area contributed by atoms with Gasteiger partial charge in [-0.1, -0.05) is 6.07 Å². The molecule has 2 aromatic rings. The number of carbonyl (C=O) groups excluding carboxylic acids is 2. The third-order valence-electron chi connectivity index (χ3n) is 5.11. The molecule has 0 saturated heterocycles. The molecule has 0 radical (unpaired) electrons. The van der Waals surface area contributed by atoms with E-state index in [1.54, 1.807) is 24.0 Å². The molecule has 1 aliphatic heterocycles. The lowest BCUT2D eigenvalue weighted by Crippen LogP contribution is -2.27. The average Bonchev–Trinajstić information content (AvgIpc) is 3.18. The Labute approximate surface area is 145 Å². The number of fused-ring (bicyclic) bond motifs is 2. The van der Waals surface area contributed by atoms with Gasteiger partial charge < -0.3 is 10.2 Å². The molecule has 1 heterocycles. The fourth-order valence-corrected chi connectivity index (χ4v) is 3.83. The van der Waals surface area contributed by atoms with Crippen LogP contribution in [0.5, 0.6) is 0 Å². The number of aryl methyl sites for hydroxylation is 1. The molecule has 25 heavy (non-hydrogen) atoms. The molecule has 5 heteroatoms. The second-order valence-corrected chi connectivity index (χ2v) is 6.67. The van der Waals surface area contributed by atoms with Crippen LogP contribution in [0.2, 0.25) is 0 Å². The number of benzene rings is 2. The zero-order chi connectivity index (χ0) is 17.6. The van der Waals surface area contributed by atoms with Gasteiger partial charge in [-0.25, -0.2) is 4.39 Å². The van der Waals surface area contributed by atoms with Gasteiger partial charge in [-0.3, -0.25) is 9.59 Å². The molecular weight excluding hydrogens is 319 g/mol. The van der Waals surface area contributed by atoms with Crippen molar-refractivity contribution in [1.29, 1.82) is 0 Å². The van der Waals surface area contributed by atoms with E-state index in [0.29, 0.717) is 12.1 Å². The summed E-state index contributed by atoms with van der Waals surface area (Å²) in [6.07, 6.45) is 2.39. The van der Waals surface area contributed by atoms with E-state index in [4.69, 9.17) is 0 Å². The molecule has 128 valence electrons. The number of halogens is 1. The van der Waals surface area contributed by atoms with Gasteiger partial charge in [-0.05, 0) is 66.3 Å². The molecule has 0 fully saturated rings. The van der Waals surface area contributed by atoms with Crippen LogP contribution in [-0.4, -0.2) is 18.4 Å². The number of anilines is 1. The minimum atomic E-state index is -0.276. The molecule has 0 aromatic heterocycles. The van der Waals surface area contributed by atoms with E-state index >= 15 is 0 Å². The topological polar surface area (TPSA) is 49.4 Å². The van der Waals surface area contributed by atoms with Crippen molar-refractivity contribution in [2.24, 2.45) is 0 Å². The summed E-state index contributed by atoms with van der Waals surface area (Å²) < 4.78 is 13.5. The molecule has 0 unspecified atom stereocenters. The third-order valence-corrected chi connectivity index (χ3v) is 5.11. The van der Waals surface area contributed by atoms with Crippen LogP contribution in [0.4, 0.5) is 10.1 Å². The monoisotopic (exact) mass is 338 g/mol. The molecule has 0 spiro atoms. The fourth-order valence-electron chi connectivity index (χ4n) is 3.83. The number of hydrogen-bond donors (Lipinski definition) is 1. The Bertz CT molecular complexity index is 878. The lowest BCUT2D eigenvalue weighted by atomic mass is 10.1. The van der Waals surface area contributed by atoms with E-state index in [9.17, 15) is 14.0 Å². The molecule has 0 bridgehead atoms. The normalized spacial score (nSPS) is 18.0. The zero-order valence-electron chi connectivity index (χ0n) is 14.0. The molecule has 1 aliphatic carbocycles. The van der Waals surface area contributed by atoms with Crippen molar-refractivity contribution in [2.45, 2.75) is 32.2 Å². The highest BCUT2D eigenvalue weighted by molar-refractivity contribution is 5.98. The van der Waals surface area contributed by atoms with Gasteiger partial charge in [-0.15, -0.1) is 0 Å². The Morgan fingerprint density at radius 2 is 1.96 bits per heavy atom. The smallest absolute Gasteiger partial charge is 0.251 e. The minimum absolute atomic E-state index is 0.0144. The fraction of sp³-hybridized carbons (Fsp3) is 0.300. The van der Waals surface area contributed by atoms with E-state index in [2.05, 4.69) is 5.32 Å². The quantitative estimate of drug-likeness (QED) is 0.914. The third kappa shape index (κ3) is 2.80. The lowest BCUT2D eigenvalue weighted by molar-refractivity contribution is -0.116. The molecule has 4 rings (SSSR count). The van der Waals surface area contributed by atoms with Gasteiger partial charge in [0.05, 0.1) is 6.04 Å². The second kappa shape index (κ2) is 5.99. The number of nitrogens with zero attached hydrogens (tertiary/aromatic N) is 1. The largest absolute Gasteiger partial charge is 0.345 e. The van der Waals surface area contributed by atoms with Gasteiger partial charge >= 0.3 is 0 Å². The molecule has 2 aliphatic rings. The minimum Gasteiger partial charge on any atom is -0.345 e. The first-order valence-electron chi connectivity index (χ1n) is 8.53. The Morgan fingerprint density at radius 3 is 2.76 bits per heavy atom. The second-order valence-electron chi connectivity index (χ2n) is 6.67. The van der Waals surface area contributed by atoms with Crippen LogP contribution in [-0.2, 0) is 17.6 Å². The standard InChI is InChI=1S/C20H19FN2O2/c1-12(24)23-9-8-14-10-15(4-7-19(14)23)20(25)22-18-6-3-13-2-5-16(21)11-17(13)18/h2,4-5,7,10-11,18H,3,6,8-9H2,1H3,(H,22,25)/t18-/m0/s1. The van der Waals surface area contributed by atoms with Crippen molar-refractivity contribution in [1.82, 2.24) is 5.32 Å². The maximum Gasteiger partial charge on any atom is 0.251 e. The highest BCUT2D eigenvalue weighted by Gasteiger charge is 2.26. The maximum absolute atomic E-state index is 13.5. The van der Waals surface area contributed by atoms with E-state index in [0.717, 1.165) is 41.6 Å². The maximum atomic E-state index is 13.5. The van der Waals surface area contributed by atoms with Crippen molar-refractivity contribution in [3.8, 4) is 0 Å². The van der Waals surface area contributed by atoms with Crippen LogP contribution in [0.25, 0.3) is 0 Å². The number of rotatable bonds is 2. The Kier molecular flexibility index (Phi) is 3.79. The summed E-state index contributed by atoms with van der Waals surface area (Å²) >= 11 is 0. The number of amides is 2. The van der Waals surface area contributed by atoms with Crippen LogP contribution in [0.1, 0.15) is 46.4 Å². The van der Waals surface area contributed by atoms with Crippen LogP contribution >= 0.6 is 0 Å². The van der Waals surface area contributed by atoms with Crippen LogP contribution in [0.15, 0.2) is 36.4 Å². The first-order valence-corrected chi connectivity index (χ1v) is 8.53. The van der Waals surface area contributed by atoms with Crippen molar-refractivity contribution < 1.29 is 14.0 Å². The number of carbonyl (C=O) groups is 2. The van der Waals surface area contributed by atoms with E-state index < -0.39 is 0 Å². The summed E-state index contributed by atoms with van der Waals surface area (Å²) in [4.78, 5) is 26.0. The first kappa shape index (κ1) is 15.8. The summed E-state index contributed by atoms with van der Waals surface area (Å²) in [7, 11) is 0. The highest BCUT2D eigenvalue weighted by atomic mass is 19.1. The average molecular weight is 338 g/mol. The summed E-state index contributed by atoms with van der Waals surface area (Å²) in [6, 6.07) is 10.1. The van der Waals surface area contributed by atoms with Gasteiger partial charge in [0.25, 0.3) is 5.91 Å². The van der Waals surface area contributed by atoms with Gasteiger partial charge in [-0.2, -0.15) is 0 Å². The SMILES string of the molecule is CC(=O)N1CCc2cc(C(=O)N[C@H]3CCc4ccc(F)cc43)ccc21. The molecule has 0 saturated carbocycles. The Morgan fingerprint density at radius 1 is 1.12 bits per heavy atom. The van der Waals surface area contributed by atoms with Crippen molar-refractivity contribution in [3.05, 3.63) is 64.5 Å². The number of nitrogens with one attached hydrogen (secondary N) is 1. The van der Waals surface area contributed by atoms with Crippen LogP contribution < -0.4 is 10.2 Å². The van der Waals surface area contributed by atoms with Gasteiger partial charge in [0, 0.05) is 24.7 Å². The van der Waals surface area contributed by atoms with Gasteiger partial charge in [0.2, 0.25) is 5.91 Å². The predicted octanol–water partition coefficient (Wildman–Crippen LogP) is 3.15. The van der Waals surface area contributed by atoms with E-state index in [1.165, 1.54) is 12.1 Å². The Balaban J connectivity index is 1.54. The van der Waals surface area contributed by atoms with Crippen molar-refractivity contribution in [3.63, 3.8) is 0 Å². The summed E-state index contributed by atoms with van der Waals surface area (Å²) in [5.74, 6) is -0.423. The molecule has 2 aromatic carbocycles.